The lowest BCUT2D eigenvalue weighted by Gasteiger charge is -2.22. The fourth-order valence-electron chi connectivity index (χ4n) is 4.41. The molecule has 3 atom stereocenters. The first kappa shape index (κ1) is 24.5. The first-order chi connectivity index (χ1) is 16.6. The van der Waals surface area contributed by atoms with Gasteiger partial charge >= 0.3 is 18.2 Å². The molecule has 0 radical (unpaired) electrons. The van der Waals surface area contributed by atoms with Gasteiger partial charge in [0, 0.05) is 12.5 Å². The van der Waals surface area contributed by atoms with E-state index in [1.807, 2.05) is 48.5 Å². The van der Waals surface area contributed by atoms with E-state index >= 15 is 0 Å². The number of rotatable bonds is 7. The van der Waals surface area contributed by atoms with Gasteiger partial charge in [0.15, 0.2) is 6.10 Å². The molecule has 35 heavy (non-hydrogen) atoms. The molecule has 2 amide bonds. The van der Waals surface area contributed by atoms with Crippen molar-refractivity contribution in [1.82, 2.24) is 10.6 Å². The molecule has 11 heteroatoms. The third-order valence-electron chi connectivity index (χ3n) is 6.08. The normalized spacial score (nSPS) is 20.0. The number of ether oxygens (including phenoxy) is 2. The molecule has 0 bridgehead atoms. The third-order valence-corrected chi connectivity index (χ3v) is 6.08. The molecular formula is C24H23F3N2O6. The molecule has 1 fully saturated rings. The molecule has 0 saturated carbocycles. The maximum atomic E-state index is 13.5. The number of alkyl carbamates (subject to hydrolysis) is 1. The number of amides is 2. The minimum absolute atomic E-state index is 0.191. The topological polar surface area (TPSA) is 114 Å². The summed E-state index contributed by atoms with van der Waals surface area (Å²) in [5, 5.41) is 12.6. The van der Waals surface area contributed by atoms with Crippen LogP contribution in [0.5, 0.6) is 0 Å². The van der Waals surface area contributed by atoms with E-state index in [4.69, 9.17) is 14.6 Å². The molecule has 4 rings (SSSR count). The number of carboxylic acids is 1. The van der Waals surface area contributed by atoms with Crippen molar-refractivity contribution in [2.24, 2.45) is 0 Å². The number of hydrogen-bond donors (Lipinski definition) is 3. The zero-order valence-corrected chi connectivity index (χ0v) is 18.4. The molecule has 2 aromatic carbocycles. The Bertz CT molecular complexity index is 1080. The predicted octanol–water partition coefficient (Wildman–Crippen LogP) is 3.20. The van der Waals surface area contributed by atoms with Crippen LogP contribution in [0.15, 0.2) is 48.5 Å². The number of carbonyl (C=O) groups is 3. The van der Waals surface area contributed by atoms with Gasteiger partial charge in [-0.25, -0.2) is 9.59 Å². The second-order valence-corrected chi connectivity index (χ2v) is 8.35. The maximum Gasteiger partial charge on any atom is 0.417 e. The molecule has 1 heterocycles. The van der Waals surface area contributed by atoms with E-state index in [9.17, 15) is 27.6 Å². The highest BCUT2D eigenvalue weighted by Gasteiger charge is 2.47. The Morgan fingerprint density at radius 2 is 1.63 bits per heavy atom. The van der Waals surface area contributed by atoms with Crippen LogP contribution in [0.4, 0.5) is 18.0 Å². The Hall–Kier alpha value is -3.60. The molecule has 2 aliphatic rings. The van der Waals surface area contributed by atoms with Crippen molar-refractivity contribution in [2.45, 2.75) is 43.2 Å². The van der Waals surface area contributed by atoms with Crippen molar-refractivity contribution in [2.75, 3.05) is 13.2 Å². The predicted molar refractivity (Wildman–Crippen MR) is 117 cm³/mol. The van der Waals surface area contributed by atoms with Crippen molar-refractivity contribution in [1.29, 1.82) is 0 Å². The maximum absolute atomic E-state index is 13.5. The summed E-state index contributed by atoms with van der Waals surface area (Å²) in [7, 11) is 0. The Balaban J connectivity index is 1.35. The van der Waals surface area contributed by atoms with Gasteiger partial charge in [-0.05, 0) is 35.1 Å². The first-order valence-electron chi connectivity index (χ1n) is 11.0. The van der Waals surface area contributed by atoms with Crippen LogP contribution >= 0.6 is 0 Å². The quantitative estimate of drug-likeness (QED) is 0.547. The second kappa shape index (κ2) is 9.95. The lowest BCUT2D eigenvalue weighted by atomic mass is 9.98. The van der Waals surface area contributed by atoms with Gasteiger partial charge in [-0.3, -0.25) is 4.79 Å². The standard InChI is InChI=1S/C24H23F3N2O6/c25-24(26,27)20(21(30)28-11-13-9-10-19(35-13)22(31)32)29-23(33)34-12-18-16-7-3-1-5-14(16)15-6-2-4-8-17(15)18/h1-8,13,18-20H,9-12H2,(H,28,30)(H,29,33)(H,31,32). The third kappa shape index (κ3) is 5.40. The molecule has 1 aliphatic heterocycles. The summed E-state index contributed by atoms with van der Waals surface area (Å²) in [6, 6.07) is 12.1. The summed E-state index contributed by atoms with van der Waals surface area (Å²) in [4.78, 5) is 35.4. The fourth-order valence-corrected chi connectivity index (χ4v) is 4.41. The molecule has 8 nitrogen and oxygen atoms in total. The van der Waals surface area contributed by atoms with Crippen LogP contribution in [0.3, 0.4) is 0 Å². The minimum atomic E-state index is -5.07. The van der Waals surface area contributed by atoms with Gasteiger partial charge in [-0.15, -0.1) is 0 Å². The molecule has 3 N–H and O–H groups in total. The van der Waals surface area contributed by atoms with Crippen LogP contribution in [0.1, 0.15) is 29.9 Å². The van der Waals surface area contributed by atoms with E-state index in [0.29, 0.717) is 0 Å². The number of alkyl halides is 3. The lowest BCUT2D eigenvalue weighted by Crippen LogP contribution is -2.56. The number of benzene rings is 2. The zero-order chi connectivity index (χ0) is 25.2. The Morgan fingerprint density at radius 1 is 1.03 bits per heavy atom. The highest BCUT2D eigenvalue weighted by molar-refractivity contribution is 5.86. The van der Waals surface area contributed by atoms with E-state index < -0.39 is 42.4 Å². The monoisotopic (exact) mass is 492 g/mol. The van der Waals surface area contributed by atoms with Gasteiger partial charge in [-0.1, -0.05) is 48.5 Å². The number of hydrogen-bond acceptors (Lipinski definition) is 5. The average Bonchev–Trinajstić information content (AvgIpc) is 3.42. The van der Waals surface area contributed by atoms with Crippen LogP contribution in [0, 0.1) is 0 Å². The van der Waals surface area contributed by atoms with E-state index in [0.717, 1.165) is 22.3 Å². The summed E-state index contributed by atoms with van der Waals surface area (Å²) < 4.78 is 50.8. The largest absolute Gasteiger partial charge is 0.479 e. The summed E-state index contributed by atoms with van der Waals surface area (Å²) in [6.07, 6.45) is -7.79. The average molecular weight is 492 g/mol. The minimum Gasteiger partial charge on any atom is -0.479 e. The van der Waals surface area contributed by atoms with Gasteiger partial charge in [0.2, 0.25) is 6.04 Å². The van der Waals surface area contributed by atoms with E-state index in [1.165, 1.54) is 0 Å². The van der Waals surface area contributed by atoms with Crippen molar-refractivity contribution in [3.05, 3.63) is 59.7 Å². The Labute approximate surface area is 198 Å². The van der Waals surface area contributed by atoms with E-state index in [2.05, 4.69) is 5.32 Å². The molecule has 0 spiro atoms. The zero-order valence-electron chi connectivity index (χ0n) is 18.4. The molecule has 2 aromatic rings. The molecule has 0 aromatic heterocycles. The van der Waals surface area contributed by atoms with Gasteiger partial charge in [0.25, 0.3) is 5.91 Å². The summed E-state index contributed by atoms with van der Waals surface area (Å²) in [6.45, 7) is -0.528. The summed E-state index contributed by atoms with van der Waals surface area (Å²) >= 11 is 0. The van der Waals surface area contributed by atoms with Crippen molar-refractivity contribution in [3.63, 3.8) is 0 Å². The van der Waals surface area contributed by atoms with Gasteiger partial charge < -0.3 is 25.2 Å². The number of nitrogens with one attached hydrogen (secondary N) is 2. The highest BCUT2D eigenvalue weighted by Crippen LogP contribution is 2.44. The van der Waals surface area contributed by atoms with Crippen LogP contribution in [-0.2, 0) is 19.1 Å². The van der Waals surface area contributed by atoms with Gasteiger partial charge in [0.05, 0.1) is 6.10 Å². The Kier molecular flexibility index (Phi) is 6.97. The lowest BCUT2D eigenvalue weighted by molar-refractivity contribution is -0.167. The van der Waals surface area contributed by atoms with Crippen molar-refractivity contribution in [3.8, 4) is 11.1 Å². The van der Waals surface area contributed by atoms with Gasteiger partial charge in [0.1, 0.15) is 6.61 Å². The first-order valence-corrected chi connectivity index (χ1v) is 11.0. The molecule has 3 unspecified atom stereocenters. The molecule has 1 aliphatic carbocycles. The van der Waals surface area contributed by atoms with Crippen LogP contribution in [0.25, 0.3) is 11.1 Å². The molecule has 1 saturated heterocycles. The number of halogens is 3. The SMILES string of the molecule is O=C(NC(C(=O)NCC1CCC(C(=O)O)O1)C(F)(F)F)OCC1c2ccccc2-c2ccccc21. The molecular weight excluding hydrogens is 469 g/mol. The van der Waals surface area contributed by atoms with Crippen LogP contribution in [0.2, 0.25) is 0 Å². The number of carbonyl (C=O) groups excluding carboxylic acids is 2. The van der Waals surface area contributed by atoms with E-state index in [-0.39, 0.29) is 31.9 Å². The highest BCUT2D eigenvalue weighted by atomic mass is 19.4. The van der Waals surface area contributed by atoms with E-state index in [1.54, 1.807) is 5.32 Å². The number of aliphatic carboxylic acids is 1. The smallest absolute Gasteiger partial charge is 0.417 e. The van der Waals surface area contributed by atoms with Crippen LogP contribution in [-0.4, -0.2) is 60.7 Å². The van der Waals surface area contributed by atoms with Crippen molar-refractivity contribution < 1.29 is 42.1 Å². The fraction of sp³-hybridized carbons (Fsp3) is 0.375. The van der Waals surface area contributed by atoms with Crippen molar-refractivity contribution >= 4 is 18.0 Å². The summed E-state index contributed by atoms with van der Waals surface area (Å²) in [5.74, 6) is -3.02. The number of fused-ring (bicyclic) bond motifs is 3. The molecule has 186 valence electrons. The summed E-state index contributed by atoms with van der Waals surface area (Å²) in [5.41, 5.74) is 3.71. The van der Waals surface area contributed by atoms with Crippen LogP contribution < -0.4 is 10.6 Å². The number of carboxylic acid groups (broad SMARTS) is 1. The second-order valence-electron chi connectivity index (χ2n) is 8.35. The Morgan fingerprint density at radius 3 is 2.17 bits per heavy atom. The van der Waals surface area contributed by atoms with Gasteiger partial charge in [-0.2, -0.15) is 13.2 Å².